The van der Waals surface area contributed by atoms with Crippen LogP contribution in [0.3, 0.4) is 0 Å². The van der Waals surface area contributed by atoms with E-state index in [1.165, 1.54) is 33.8 Å². The maximum atomic E-state index is 6.01. The van der Waals surface area contributed by atoms with Crippen molar-refractivity contribution in [1.82, 2.24) is 4.98 Å². The van der Waals surface area contributed by atoms with Gasteiger partial charge < -0.3 is 0 Å². The lowest BCUT2D eigenvalue weighted by atomic mass is 9.95. The van der Waals surface area contributed by atoms with E-state index < -0.39 is 0 Å². The maximum Gasteiger partial charge on any atom is 0.152 e. The highest BCUT2D eigenvalue weighted by molar-refractivity contribution is 8.03. The zero-order chi connectivity index (χ0) is 17.6. The molecule has 3 rings (SSSR count). The highest BCUT2D eigenvalue weighted by Crippen LogP contribution is 2.41. The summed E-state index contributed by atoms with van der Waals surface area (Å²) in [5.41, 5.74) is 3.93. The lowest BCUT2D eigenvalue weighted by Gasteiger charge is -2.19. The molecule has 132 valence electrons. The fourth-order valence-electron chi connectivity index (χ4n) is 3.15. The number of thioether (sulfide) groups is 1. The Bertz CT molecular complexity index is 755. The van der Waals surface area contributed by atoms with E-state index in [1.54, 1.807) is 0 Å². The van der Waals surface area contributed by atoms with Gasteiger partial charge in [0.15, 0.2) is 5.82 Å². The molecule has 2 heterocycles. The molecule has 25 heavy (non-hydrogen) atoms. The van der Waals surface area contributed by atoms with Crippen LogP contribution < -0.4 is 0 Å². The molecule has 0 saturated heterocycles. The molecule has 2 bridgehead atoms. The Balaban J connectivity index is 2.04. The number of hydrogen-bond acceptors (Lipinski definition) is 3. The molecule has 2 aliphatic rings. The van der Waals surface area contributed by atoms with E-state index in [-0.39, 0.29) is 0 Å². The topological polar surface area (TPSA) is 25.2 Å². The Hall–Kier alpha value is -1.32. The summed E-state index contributed by atoms with van der Waals surface area (Å²) in [6.07, 6.45) is 16.3. The molecule has 0 radical (unpaired) electrons. The Morgan fingerprint density at radius 2 is 2.12 bits per heavy atom. The molecule has 1 aromatic heterocycles. The van der Waals surface area contributed by atoms with Gasteiger partial charge in [-0.3, -0.25) is 0 Å². The number of aliphatic imine (C=N–C) groups is 1. The SMILES string of the molecule is CCC(=CC=C(C)Cl)Sc1c2cc(nc1C1=CCCCC1)N=CCC2. The lowest BCUT2D eigenvalue weighted by Crippen LogP contribution is -2.01. The van der Waals surface area contributed by atoms with Crippen LogP contribution in [0.2, 0.25) is 0 Å². The molecule has 4 heteroatoms. The Morgan fingerprint density at radius 3 is 2.84 bits per heavy atom. The monoisotopic (exact) mass is 372 g/mol. The molecule has 0 aromatic carbocycles. The molecule has 0 saturated carbocycles. The molecule has 2 nitrogen and oxygen atoms in total. The average Bonchev–Trinajstić information content (AvgIpc) is 2.83. The molecule has 1 aliphatic carbocycles. The predicted octanol–water partition coefficient (Wildman–Crippen LogP) is 7.22. The Labute approximate surface area is 160 Å². The standard InChI is InChI=1S/C21H25ClN2S/c1-3-18(12-11-15(2)22)25-21-17-10-7-13-23-19(14-17)24-20(21)16-8-5-4-6-9-16/h8,11-14H,3-7,9-10H2,1-2H3. The van der Waals surface area contributed by atoms with Crippen LogP contribution in [0.15, 0.2) is 44.1 Å². The van der Waals surface area contributed by atoms with E-state index in [1.807, 2.05) is 31.0 Å². The van der Waals surface area contributed by atoms with E-state index in [0.29, 0.717) is 0 Å². The molecular formula is C21H25ClN2S. The van der Waals surface area contributed by atoms with Crippen molar-refractivity contribution in [2.24, 2.45) is 4.99 Å². The van der Waals surface area contributed by atoms with Gasteiger partial charge in [-0.05, 0) is 80.1 Å². The molecule has 1 aliphatic heterocycles. The van der Waals surface area contributed by atoms with Gasteiger partial charge in [0.2, 0.25) is 0 Å². The molecule has 0 N–H and O–H groups in total. The van der Waals surface area contributed by atoms with Crippen molar-refractivity contribution < 1.29 is 0 Å². The first-order chi connectivity index (χ1) is 12.2. The first kappa shape index (κ1) is 18.5. The first-order valence-corrected chi connectivity index (χ1v) is 10.3. The van der Waals surface area contributed by atoms with Crippen LogP contribution in [0.1, 0.15) is 63.6 Å². The van der Waals surface area contributed by atoms with Gasteiger partial charge in [-0.25, -0.2) is 9.98 Å². The first-order valence-electron chi connectivity index (χ1n) is 9.14. The molecule has 1 aromatic rings. The molecule has 0 spiro atoms. The smallest absolute Gasteiger partial charge is 0.152 e. The van der Waals surface area contributed by atoms with E-state index in [9.17, 15) is 0 Å². The quantitative estimate of drug-likeness (QED) is 0.402. The summed E-state index contributed by atoms with van der Waals surface area (Å²) in [7, 11) is 0. The van der Waals surface area contributed by atoms with Gasteiger partial charge >= 0.3 is 0 Å². The number of hydrogen-bond donors (Lipinski definition) is 0. The van der Waals surface area contributed by atoms with Gasteiger partial charge in [-0.1, -0.05) is 42.4 Å². The van der Waals surface area contributed by atoms with Crippen molar-refractivity contribution >= 4 is 41.0 Å². The van der Waals surface area contributed by atoms with Crippen LogP contribution in [0, 0.1) is 0 Å². The third kappa shape index (κ3) is 4.86. The summed E-state index contributed by atoms with van der Waals surface area (Å²) in [6.45, 7) is 4.11. The number of allylic oxidation sites excluding steroid dienone is 6. The normalized spacial score (nSPS) is 18.1. The Morgan fingerprint density at radius 1 is 1.24 bits per heavy atom. The summed E-state index contributed by atoms with van der Waals surface area (Å²) in [4.78, 5) is 12.1. The summed E-state index contributed by atoms with van der Waals surface area (Å²) in [5.74, 6) is 0.858. The number of fused-ring (bicyclic) bond motifs is 2. The van der Waals surface area contributed by atoms with Crippen LogP contribution in [0.25, 0.3) is 5.57 Å². The summed E-state index contributed by atoms with van der Waals surface area (Å²) in [5, 5.41) is 0.807. The fourth-order valence-corrected chi connectivity index (χ4v) is 4.32. The van der Waals surface area contributed by atoms with Crippen molar-refractivity contribution in [3.05, 3.63) is 45.5 Å². The van der Waals surface area contributed by atoms with E-state index in [0.717, 1.165) is 48.6 Å². The molecule has 0 amide bonds. The molecule has 0 fully saturated rings. The number of rotatable bonds is 5. The summed E-state index contributed by atoms with van der Waals surface area (Å²) in [6, 6.07) is 2.16. The van der Waals surface area contributed by atoms with E-state index in [2.05, 4.69) is 30.1 Å². The summed E-state index contributed by atoms with van der Waals surface area (Å²) >= 11 is 7.87. The number of aromatic nitrogens is 1. The van der Waals surface area contributed by atoms with Crippen molar-refractivity contribution in [1.29, 1.82) is 0 Å². The third-order valence-electron chi connectivity index (χ3n) is 4.48. The average molecular weight is 373 g/mol. The van der Waals surface area contributed by atoms with Crippen LogP contribution in [-0.4, -0.2) is 11.2 Å². The van der Waals surface area contributed by atoms with Crippen LogP contribution in [0.4, 0.5) is 5.82 Å². The van der Waals surface area contributed by atoms with Crippen LogP contribution in [0.5, 0.6) is 0 Å². The van der Waals surface area contributed by atoms with Gasteiger partial charge in [0.1, 0.15) is 0 Å². The van der Waals surface area contributed by atoms with Crippen molar-refractivity contribution in [2.45, 2.75) is 63.7 Å². The predicted molar refractivity (Wildman–Crippen MR) is 111 cm³/mol. The third-order valence-corrected chi connectivity index (χ3v) is 5.95. The second-order valence-corrected chi connectivity index (χ2v) is 8.22. The van der Waals surface area contributed by atoms with Gasteiger partial charge in [-0.15, -0.1) is 0 Å². The number of halogens is 1. The Kier molecular flexibility index (Phi) is 6.55. The highest BCUT2D eigenvalue weighted by atomic mass is 35.5. The highest BCUT2D eigenvalue weighted by Gasteiger charge is 2.19. The second kappa shape index (κ2) is 8.86. The van der Waals surface area contributed by atoms with Gasteiger partial charge in [0.05, 0.1) is 5.69 Å². The number of pyridine rings is 1. The van der Waals surface area contributed by atoms with E-state index in [4.69, 9.17) is 16.6 Å². The van der Waals surface area contributed by atoms with Gasteiger partial charge in [0, 0.05) is 16.1 Å². The van der Waals surface area contributed by atoms with E-state index >= 15 is 0 Å². The largest absolute Gasteiger partial charge is 0.242 e. The maximum absolute atomic E-state index is 6.01. The minimum absolute atomic E-state index is 0.807. The number of nitrogens with zero attached hydrogens (tertiary/aromatic N) is 2. The van der Waals surface area contributed by atoms with Crippen molar-refractivity contribution in [2.75, 3.05) is 0 Å². The zero-order valence-corrected chi connectivity index (χ0v) is 16.6. The lowest BCUT2D eigenvalue weighted by molar-refractivity contribution is 0.737. The van der Waals surface area contributed by atoms with Crippen LogP contribution >= 0.6 is 23.4 Å². The molecular weight excluding hydrogens is 348 g/mol. The van der Waals surface area contributed by atoms with Gasteiger partial charge in [-0.2, -0.15) is 0 Å². The van der Waals surface area contributed by atoms with Crippen molar-refractivity contribution in [3.8, 4) is 0 Å². The zero-order valence-electron chi connectivity index (χ0n) is 15.0. The summed E-state index contributed by atoms with van der Waals surface area (Å²) < 4.78 is 0. The number of aryl methyl sites for hydroxylation is 1. The van der Waals surface area contributed by atoms with Crippen molar-refractivity contribution in [3.63, 3.8) is 0 Å². The minimum Gasteiger partial charge on any atom is -0.242 e. The fraction of sp³-hybridized carbons (Fsp3) is 0.429. The molecule has 0 atom stereocenters. The van der Waals surface area contributed by atoms with Gasteiger partial charge in [0.25, 0.3) is 0 Å². The second-order valence-electron chi connectivity index (χ2n) is 6.48. The molecule has 0 unspecified atom stereocenters. The minimum atomic E-state index is 0.807. The van der Waals surface area contributed by atoms with Crippen LogP contribution in [-0.2, 0) is 6.42 Å².